The molecule has 0 fully saturated rings. The molecular formula is C7H5O+. The smallest absolute Gasteiger partial charge is 0.224 e. The number of terminal acetylenes is 1. The second-order valence-corrected chi connectivity index (χ2v) is 1.34. The van der Waals surface area contributed by atoms with E-state index in [0.717, 1.165) is 5.56 Å². The largest absolute Gasteiger partial charge is 0.319 e. The van der Waals surface area contributed by atoms with Crippen molar-refractivity contribution in [1.29, 1.82) is 0 Å². The van der Waals surface area contributed by atoms with Crippen molar-refractivity contribution in [2.45, 2.75) is 0 Å². The quantitative estimate of drug-likeness (QED) is 0.360. The highest BCUT2D eigenvalue weighted by Gasteiger charge is 1.86. The molecule has 0 spiro atoms. The highest BCUT2D eigenvalue weighted by atomic mass is 16.3. The van der Waals surface area contributed by atoms with Gasteiger partial charge in [0.25, 0.3) is 0 Å². The van der Waals surface area contributed by atoms with E-state index in [-0.39, 0.29) is 0 Å². The summed E-state index contributed by atoms with van der Waals surface area (Å²) in [5.41, 5.74) is 0.844. The molecule has 0 aliphatic heterocycles. The highest BCUT2D eigenvalue weighted by Crippen LogP contribution is 1.92. The molecule has 1 nitrogen and oxygen atoms in total. The van der Waals surface area contributed by atoms with Crippen LogP contribution in [-0.4, -0.2) is 0 Å². The maximum absolute atomic E-state index is 5.06. The van der Waals surface area contributed by atoms with Gasteiger partial charge in [0, 0.05) is 5.56 Å². The van der Waals surface area contributed by atoms with Crippen molar-refractivity contribution in [2.75, 3.05) is 0 Å². The molecule has 0 amide bonds. The Morgan fingerprint density at radius 1 is 1.38 bits per heavy atom. The van der Waals surface area contributed by atoms with Crippen LogP contribution in [0.5, 0.6) is 0 Å². The molecule has 1 aromatic rings. The Hall–Kier alpha value is -1.29. The van der Waals surface area contributed by atoms with Gasteiger partial charge in [-0.05, 0) is 0 Å². The van der Waals surface area contributed by atoms with Crippen LogP contribution in [0.3, 0.4) is 0 Å². The first kappa shape index (κ1) is 4.86. The third-order valence-corrected chi connectivity index (χ3v) is 0.819. The normalized spacial score (nSPS) is 7.88. The molecule has 0 radical (unpaired) electrons. The van der Waals surface area contributed by atoms with Crippen LogP contribution in [0.1, 0.15) is 5.56 Å². The average molecular weight is 105 g/mol. The Morgan fingerprint density at radius 3 is 2.38 bits per heavy atom. The summed E-state index contributed by atoms with van der Waals surface area (Å²) in [6.07, 6.45) is 8.16. The SMILES string of the molecule is C#Cc1cc[o+]cc1. The lowest BCUT2D eigenvalue weighted by atomic mass is 10.3. The molecule has 0 aromatic carbocycles. The molecule has 1 heterocycles. The number of hydrogen-bond donors (Lipinski definition) is 0. The van der Waals surface area contributed by atoms with E-state index in [4.69, 9.17) is 10.8 Å². The van der Waals surface area contributed by atoms with Crippen molar-refractivity contribution >= 4 is 0 Å². The first-order chi connectivity index (χ1) is 3.93. The van der Waals surface area contributed by atoms with Crippen LogP contribution in [0.2, 0.25) is 0 Å². The standard InChI is InChI=1S/C7H5O/c1-2-7-3-5-8-6-4-7/h1,3-6H/q+1. The lowest BCUT2D eigenvalue weighted by Crippen LogP contribution is -1.66. The Morgan fingerprint density at radius 2 is 2.00 bits per heavy atom. The second-order valence-electron chi connectivity index (χ2n) is 1.34. The predicted octanol–water partition coefficient (Wildman–Crippen LogP) is 1.54. The van der Waals surface area contributed by atoms with Crippen molar-refractivity contribution < 1.29 is 4.42 Å². The fourth-order valence-electron chi connectivity index (χ4n) is 0.422. The maximum atomic E-state index is 5.06. The van der Waals surface area contributed by atoms with Crippen molar-refractivity contribution in [1.82, 2.24) is 0 Å². The molecule has 0 N–H and O–H groups in total. The lowest BCUT2D eigenvalue weighted by Gasteiger charge is -1.74. The van der Waals surface area contributed by atoms with Gasteiger partial charge < -0.3 is 0 Å². The Labute approximate surface area is 48.0 Å². The van der Waals surface area contributed by atoms with Gasteiger partial charge in [-0.25, -0.2) is 4.42 Å². The molecular weight excluding hydrogens is 100 g/mol. The van der Waals surface area contributed by atoms with Gasteiger partial charge in [0.2, 0.25) is 0 Å². The molecule has 8 heavy (non-hydrogen) atoms. The minimum absolute atomic E-state index is 0.844. The van der Waals surface area contributed by atoms with E-state index in [9.17, 15) is 0 Å². The van der Waals surface area contributed by atoms with Crippen molar-refractivity contribution in [3.05, 3.63) is 30.2 Å². The van der Waals surface area contributed by atoms with E-state index in [2.05, 4.69) is 5.92 Å². The molecule has 1 aromatic heterocycles. The summed E-state index contributed by atoms with van der Waals surface area (Å²) in [6.45, 7) is 0. The van der Waals surface area contributed by atoms with Crippen molar-refractivity contribution in [2.24, 2.45) is 0 Å². The first-order valence-corrected chi connectivity index (χ1v) is 2.25. The molecule has 0 atom stereocenters. The van der Waals surface area contributed by atoms with Gasteiger partial charge in [-0.15, -0.1) is 6.42 Å². The zero-order chi connectivity index (χ0) is 5.82. The van der Waals surface area contributed by atoms with E-state index >= 15 is 0 Å². The molecule has 1 heteroatoms. The lowest BCUT2D eigenvalue weighted by molar-refractivity contribution is 0.549. The molecule has 1 rings (SSSR count). The van der Waals surface area contributed by atoms with Crippen LogP contribution in [-0.2, 0) is 0 Å². The van der Waals surface area contributed by atoms with Gasteiger partial charge in [-0.1, -0.05) is 5.92 Å². The van der Waals surface area contributed by atoms with Crippen LogP contribution >= 0.6 is 0 Å². The summed E-state index contributed by atoms with van der Waals surface area (Å²) in [4.78, 5) is 0. The molecule has 0 bridgehead atoms. The molecule has 38 valence electrons. The van der Waals surface area contributed by atoms with Crippen LogP contribution in [0.25, 0.3) is 0 Å². The van der Waals surface area contributed by atoms with E-state index in [1.54, 1.807) is 24.7 Å². The van der Waals surface area contributed by atoms with Gasteiger partial charge >= 0.3 is 12.5 Å². The molecule has 0 aliphatic rings. The van der Waals surface area contributed by atoms with Crippen LogP contribution in [0, 0.1) is 12.3 Å². The first-order valence-electron chi connectivity index (χ1n) is 2.25. The summed E-state index contributed by atoms with van der Waals surface area (Å²) in [5, 5.41) is 0. The fourth-order valence-corrected chi connectivity index (χ4v) is 0.422. The zero-order valence-electron chi connectivity index (χ0n) is 4.29. The fraction of sp³-hybridized carbons (Fsp3) is 0. The minimum Gasteiger partial charge on any atom is -0.224 e. The van der Waals surface area contributed by atoms with Gasteiger partial charge in [-0.2, -0.15) is 0 Å². The summed E-state index contributed by atoms with van der Waals surface area (Å²) in [7, 11) is 0. The highest BCUT2D eigenvalue weighted by molar-refractivity contribution is 5.27. The predicted molar refractivity (Wildman–Crippen MR) is 31.0 cm³/mol. The Kier molecular flexibility index (Phi) is 1.29. The maximum Gasteiger partial charge on any atom is 0.319 e. The molecule has 0 saturated heterocycles. The summed E-state index contributed by atoms with van der Waals surface area (Å²) >= 11 is 0. The average Bonchev–Trinajstić information content (AvgIpc) is 1.90. The minimum atomic E-state index is 0.844. The van der Waals surface area contributed by atoms with Gasteiger partial charge in [0.1, 0.15) is 0 Å². The zero-order valence-corrected chi connectivity index (χ0v) is 4.29. The topological polar surface area (TPSA) is 11.3 Å². The van der Waals surface area contributed by atoms with Crippen LogP contribution in [0.15, 0.2) is 29.1 Å². The van der Waals surface area contributed by atoms with E-state index < -0.39 is 0 Å². The number of rotatable bonds is 0. The molecule has 0 aliphatic carbocycles. The van der Waals surface area contributed by atoms with E-state index in [0.29, 0.717) is 0 Å². The molecule has 0 saturated carbocycles. The van der Waals surface area contributed by atoms with Crippen LogP contribution < -0.4 is 0 Å². The summed E-state index contributed by atoms with van der Waals surface area (Å²) in [6, 6.07) is 3.47. The van der Waals surface area contributed by atoms with E-state index in [1.165, 1.54) is 0 Å². The Bertz CT molecular complexity index is 195. The van der Waals surface area contributed by atoms with Gasteiger partial charge in [0.05, 0.1) is 12.1 Å². The summed E-state index contributed by atoms with van der Waals surface area (Å²) in [5.74, 6) is 2.47. The third kappa shape index (κ3) is 0.855. The van der Waals surface area contributed by atoms with Gasteiger partial charge in [-0.3, -0.25) is 0 Å². The molecule has 0 unspecified atom stereocenters. The van der Waals surface area contributed by atoms with Gasteiger partial charge in [0.15, 0.2) is 0 Å². The van der Waals surface area contributed by atoms with Crippen molar-refractivity contribution in [3.8, 4) is 12.3 Å². The second kappa shape index (κ2) is 2.13. The van der Waals surface area contributed by atoms with Crippen LogP contribution in [0.4, 0.5) is 0 Å². The van der Waals surface area contributed by atoms with E-state index in [1.807, 2.05) is 0 Å². The number of hydrogen-bond acceptors (Lipinski definition) is 0. The Balaban J connectivity index is 3.05. The monoisotopic (exact) mass is 105 g/mol. The summed E-state index contributed by atoms with van der Waals surface area (Å²) < 4.78 is 4.72. The third-order valence-electron chi connectivity index (χ3n) is 0.819. The van der Waals surface area contributed by atoms with Crippen molar-refractivity contribution in [3.63, 3.8) is 0 Å².